The van der Waals surface area contributed by atoms with Crippen molar-refractivity contribution in [3.63, 3.8) is 0 Å². The Morgan fingerprint density at radius 1 is 1.32 bits per heavy atom. The molecule has 1 amide bonds. The molecule has 8 heteroatoms. The van der Waals surface area contributed by atoms with E-state index in [1.165, 1.54) is 7.11 Å². The normalized spacial score (nSPS) is 14.0. The van der Waals surface area contributed by atoms with Crippen molar-refractivity contribution in [2.45, 2.75) is 25.4 Å². The molecule has 3 N–H and O–H groups in total. The lowest BCUT2D eigenvalue weighted by molar-refractivity contribution is -0.141. The second-order valence-electron chi connectivity index (χ2n) is 5.67. The Hall–Kier alpha value is -2.38. The number of hydrogen-bond acceptors (Lipinski definition) is 5. The smallest absolute Gasteiger partial charge is 0.307 e. The van der Waals surface area contributed by atoms with Crippen molar-refractivity contribution in [1.82, 2.24) is 20.8 Å². The van der Waals surface area contributed by atoms with Crippen LogP contribution in [0, 0.1) is 0 Å². The molecule has 0 bridgehead atoms. The number of esters is 1. The van der Waals surface area contributed by atoms with Gasteiger partial charge in [0, 0.05) is 30.8 Å². The van der Waals surface area contributed by atoms with Gasteiger partial charge in [0.15, 0.2) is 5.69 Å². The number of amides is 1. The molecule has 0 saturated carbocycles. The number of rotatable bonds is 5. The third-order valence-corrected chi connectivity index (χ3v) is 4.13. The first-order valence-corrected chi connectivity index (χ1v) is 7.88. The monoisotopic (exact) mass is 364 g/mol. The second kappa shape index (κ2) is 8.64. The molecular weight excluding hydrogens is 344 g/mol. The van der Waals surface area contributed by atoms with Crippen LogP contribution in [-0.4, -0.2) is 35.7 Å². The Morgan fingerprint density at radius 2 is 2.08 bits per heavy atom. The van der Waals surface area contributed by atoms with Gasteiger partial charge in [-0.15, -0.1) is 12.4 Å². The van der Waals surface area contributed by atoms with Gasteiger partial charge in [-0.2, -0.15) is 5.10 Å². The number of nitrogens with zero attached hydrogens (tertiary/aromatic N) is 1. The van der Waals surface area contributed by atoms with Crippen molar-refractivity contribution < 1.29 is 14.3 Å². The minimum absolute atomic E-state index is 0. The fraction of sp³-hybridized carbons (Fsp3) is 0.353. The maximum absolute atomic E-state index is 12.7. The summed E-state index contributed by atoms with van der Waals surface area (Å²) < 4.78 is 4.74. The van der Waals surface area contributed by atoms with E-state index in [-0.39, 0.29) is 30.7 Å². The maximum Gasteiger partial charge on any atom is 0.307 e. The number of methoxy groups -OCH3 is 1. The first-order chi connectivity index (χ1) is 11.7. The number of hydrogen-bond donors (Lipinski definition) is 3. The van der Waals surface area contributed by atoms with E-state index in [2.05, 4.69) is 20.8 Å². The topological polar surface area (TPSA) is 96.1 Å². The van der Waals surface area contributed by atoms with Gasteiger partial charge in [-0.25, -0.2) is 0 Å². The summed E-state index contributed by atoms with van der Waals surface area (Å²) >= 11 is 0. The zero-order valence-electron chi connectivity index (χ0n) is 13.9. The Bertz CT molecular complexity index is 733. The van der Waals surface area contributed by atoms with Crippen molar-refractivity contribution in [2.24, 2.45) is 0 Å². The number of halogens is 1. The van der Waals surface area contributed by atoms with Gasteiger partial charge in [0.2, 0.25) is 0 Å². The van der Waals surface area contributed by atoms with Crippen LogP contribution in [0.15, 0.2) is 30.3 Å². The van der Waals surface area contributed by atoms with Crippen molar-refractivity contribution in [1.29, 1.82) is 0 Å². The number of carbonyl (C=O) groups excluding carboxylic acids is 2. The fourth-order valence-electron chi connectivity index (χ4n) is 2.83. The Labute approximate surface area is 151 Å². The Balaban J connectivity index is 0.00000225. The standard InChI is InChI=1S/C17H20N4O3.ClH/c1-24-15(22)9-14(11-5-3-2-4-6-11)19-17(23)16-12-10-18-8-7-13(12)20-21-16;/h2-6,14,18H,7-10H2,1H3,(H,19,23)(H,20,21);1H. The van der Waals surface area contributed by atoms with Gasteiger partial charge in [0.05, 0.1) is 19.6 Å². The van der Waals surface area contributed by atoms with E-state index < -0.39 is 6.04 Å². The number of aromatic nitrogens is 2. The summed E-state index contributed by atoms with van der Waals surface area (Å²) in [6.45, 7) is 1.48. The molecule has 134 valence electrons. The van der Waals surface area contributed by atoms with E-state index in [0.29, 0.717) is 12.2 Å². The van der Waals surface area contributed by atoms with Crippen molar-refractivity contribution >= 4 is 24.3 Å². The Kier molecular flexibility index (Phi) is 6.55. The van der Waals surface area contributed by atoms with Crippen LogP contribution in [0.4, 0.5) is 0 Å². The number of H-pyrrole nitrogens is 1. The predicted molar refractivity (Wildman–Crippen MR) is 94.5 cm³/mol. The summed E-state index contributed by atoms with van der Waals surface area (Å²) in [6, 6.07) is 8.90. The van der Waals surface area contributed by atoms with Crippen LogP contribution in [0.5, 0.6) is 0 Å². The molecule has 2 aromatic rings. The highest BCUT2D eigenvalue weighted by molar-refractivity contribution is 5.94. The van der Waals surface area contributed by atoms with Gasteiger partial charge >= 0.3 is 5.97 Å². The van der Waals surface area contributed by atoms with E-state index in [1.54, 1.807) is 0 Å². The van der Waals surface area contributed by atoms with E-state index in [9.17, 15) is 9.59 Å². The third-order valence-electron chi connectivity index (χ3n) is 4.13. The van der Waals surface area contributed by atoms with Gasteiger partial charge in [0.25, 0.3) is 5.91 Å². The fourth-order valence-corrected chi connectivity index (χ4v) is 2.83. The molecule has 1 aromatic carbocycles. The third kappa shape index (κ3) is 4.37. The van der Waals surface area contributed by atoms with Crippen LogP contribution in [-0.2, 0) is 22.5 Å². The first kappa shape index (κ1) is 19.0. The van der Waals surface area contributed by atoms with Crippen LogP contribution >= 0.6 is 12.4 Å². The van der Waals surface area contributed by atoms with Crippen molar-refractivity contribution in [3.8, 4) is 0 Å². The summed E-state index contributed by atoms with van der Waals surface area (Å²) in [4.78, 5) is 24.3. The Morgan fingerprint density at radius 3 is 2.80 bits per heavy atom. The maximum atomic E-state index is 12.7. The highest BCUT2D eigenvalue weighted by Gasteiger charge is 2.25. The van der Waals surface area contributed by atoms with Crippen LogP contribution in [0.25, 0.3) is 0 Å². The lowest BCUT2D eigenvalue weighted by Crippen LogP contribution is -2.32. The van der Waals surface area contributed by atoms with Gasteiger partial charge in [-0.3, -0.25) is 14.7 Å². The molecule has 0 radical (unpaired) electrons. The van der Waals surface area contributed by atoms with Crippen molar-refractivity contribution in [3.05, 3.63) is 52.8 Å². The molecule has 1 atom stereocenters. The highest BCUT2D eigenvalue weighted by Crippen LogP contribution is 2.20. The zero-order chi connectivity index (χ0) is 16.9. The molecule has 0 spiro atoms. The summed E-state index contributed by atoms with van der Waals surface area (Å²) in [6.07, 6.45) is 0.886. The summed E-state index contributed by atoms with van der Waals surface area (Å²) in [7, 11) is 1.34. The summed E-state index contributed by atoms with van der Waals surface area (Å²) in [5, 5.41) is 13.2. The number of ether oxygens (including phenoxy) is 1. The number of benzene rings is 1. The average molecular weight is 365 g/mol. The van der Waals surface area contributed by atoms with E-state index in [1.807, 2.05) is 30.3 Å². The molecule has 1 unspecified atom stereocenters. The van der Waals surface area contributed by atoms with Crippen LogP contribution in [0.2, 0.25) is 0 Å². The predicted octanol–water partition coefficient (Wildman–Crippen LogP) is 1.51. The molecule has 0 saturated heterocycles. The van der Waals surface area contributed by atoms with E-state index in [0.717, 1.165) is 29.8 Å². The van der Waals surface area contributed by atoms with E-state index in [4.69, 9.17) is 4.74 Å². The summed E-state index contributed by atoms with van der Waals surface area (Å²) in [5.41, 5.74) is 3.11. The molecular formula is C17H21ClN4O3. The largest absolute Gasteiger partial charge is 0.469 e. The second-order valence-corrected chi connectivity index (χ2v) is 5.67. The van der Waals surface area contributed by atoms with Gasteiger partial charge in [-0.05, 0) is 5.56 Å². The van der Waals surface area contributed by atoms with Crippen LogP contribution in [0.1, 0.15) is 39.8 Å². The van der Waals surface area contributed by atoms with Crippen LogP contribution in [0.3, 0.4) is 0 Å². The molecule has 25 heavy (non-hydrogen) atoms. The molecule has 7 nitrogen and oxygen atoms in total. The van der Waals surface area contributed by atoms with E-state index >= 15 is 0 Å². The quantitative estimate of drug-likeness (QED) is 0.699. The number of carbonyl (C=O) groups is 2. The molecule has 0 aliphatic carbocycles. The van der Waals surface area contributed by atoms with Gasteiger partial charge in [0.1, 0.15) is 0 Å². The number of fused-ring (bicyclic) bond motifs is 1. The summed E-state index contributed by atoms with van der Waals surface area (Å²) in [5.74, 6) is -0.677. The first-order valence-electron chi connectivity index (χ1n) is 7.88. The minimum atomic E-state index is -0.463. The molecule has 1 aliphatic rings. The number of aromatic amines is 1. The molecule has 1 aliphatic heterocycles. The number of nitrogens with one attached hydrogen (secondary N) is 3. The van der Waals surface area contributed by atoms with Crippen molar-refractivity contribution in [2.75, 3.05) is 13.7 Å². The van der Waals surface area contributed by atoms with Gasteiger partial charge < -0.3 is 15.4 Å². The van der Waals surface area contributed by atoms with Crippen LogP contribution < -0.4 is 10.6 Å². The lowest BCUT2D eigenvalue weighted by atomic mass is 10.0. The molecule has 1 aromatic heterocycles. The minimum Gasteiger partial charge on any atom is -0.469 e. The molecule has 0 fully saturated rings. The SMILES string of the molecule is COC(=O)CC(NC(=O)c1n[nH]c2c1CNCC2)c1ccccc1.Cl. The average Bonchev–Trinajstić information content (AvgIpc) is 3.06. The zero-order valence-corrected chi connectivity index (χ0v) is 14.7. The lowest BCUT2D eigenvalue weighted by Gasteiger charge is -2.18. The molecule has 3 rings (SSSR count). The molecule has 2 heterocycles. The highest BCUT2D eigenvalue weighted by atomic mass is 35.5. The van der Waals surface area contributed by atoms with Gasteiger partial charge in [-0.1, -0.05) is 30.3 Å².